The highest BCUT2D eigenvalue weighted by Gasteiger charge is 2.18. The molecule has 0 aliphatic heterocycles. The van der Waals surface area contributed by atoms with Crippen LogP contribution in [0.15, 0.2) is 29.2 Å². The van der Waals surface area contributed by atoms with Crippen LogP contribution in [-0.4, -0.2) is 33.4 Å². The quantitative estimate of drug-likeness (QED) is 0.535. The Morgan fingerprint density at radius 1 is 1.16 bits per heavy atom. The lowest BCUT2D eigenvalue weighted by Crippen LogP contribution is -2.30. The number of carbonyl (C=O) groups is 3. The van der Waals surface area contributed by atoms with Crippen LogP contribution in [0.5, 0.6) is 0 Å². The molecule has 0 bridgehead atoms. The Morgan fingerprint density at radius 3 is 2.48 bits per heavy atom. The molecule has 2 aromatic rings. The number of nitrogens with zero attached hydrogens (tertiary/aromatic N) is 1. The molecule has 31 heavy (non-hydrogen) atoms. The fraction of sp³-hybridized carbons (Fsp3) is 0.350. The lowest BCUT2D eigenvalue weighted by molar-refractivity contribution is -0.155. The molecule has 0 saturated heterocycles. The molecular formula is C20H22Cl2N4O5. The summed E-state index contributed by atoms with van der Waals surface area (Å²) in [5, 5.41) is 5.77. The Balaban J connectivity index is 1.91. The van der Waals surface area contributed by atoms with Gasteiger partial charge >= 0.3 is 5.97 Å². The van der Waals surface area contributed by atoms with E-state index in [1.165, 1.54) is 0 Å². The van der Waals surface area contributed by atoms with E-state index in [1.807, 2.05) is 0 Å². The number of hydrogen-bond acceptors (Lipinski definition) is 6. The second-order valence-electron chi connectivity index (χ2n) is 7.53. The highest BCUT2D eigenvalue weighted by Crippen LogP contribution is 2.20. The number of aromatic nitrogens is 2. The Bertz CT molecular complexity index is 1050. The van der Waals surface area contributed by atoms with Crippen LogP contribution < -0.4 is 16.2 Å². The predicted molar refractivity (Wildman–Crippen MR) is 116 cm³/mol. The summed E-state index contributed by atoms with van der Waals surface area (Å²) in [6, 6.07) is 4.83. The lowest BCUT2D eigenvalue weighted by Gasteiger charge is -2.19. The fourth-order valence-electron chi connectivity index (χ4n) is 2.36. The summed E-state index contributed by atoms with van der Waals surface area (Å²) >= 11 is 11.9. The lowest BCUT2D eigenvalue weighted by atomic mass is 10.2. The third-order valence-electron chi connectivity index (χ3n) is 3.73. The highest BCUT2D eigenvalue weighted by molar-refractivity contribution is 6.35. The van der Waals surface area contributed by atoms with E-state index < -0.39 is 28.9 Å². The molecule has 2 rings (SSSR count). The van der Waals surface area contributed by atoms with Crippen molar-refractivity contribution in [1.82, 2.24) is 15.3 Å². The number of nitrogens with one attached hydrogen (secondary N) is 3. The van der Waals surface area contributed by atoms with Crippen LogP contribution in [0.4, 0.5) is 5.95 Å². The van der Waals surface area contributed by atoms with Crippen LogP contribution in [0.1, 0.15) is 49.5 Å². The summed E-state index contributed by atoms with van der Waals surface area (Å²) in [6.07, 6.45) is 0.769. The maximum atomic E-state index is 12.3. The molecule has 0 aliphatic rings. The van der Waals surface area contributed by atoms with Crippen molar-refractivity contribution in [3.63, 3.8) is 0 Å². The number of H-pyrrole nitrogens is 1. The smallest absolute Gasteiger partial charge is 0.306 e. The Kier molecular flexibility index (Phi) is 8.18. The Labute approximate surface area is 188 Å². The minimum absolute atomic E-state index is 0.0808. The number of halogens is 2. The molecule has 0 radical (unpaired) electrons. The second-order valence-corrected chi connectivity index (χ2v) is 8.37. The van der Waals surface area contributed by atoms with Gasteiger partial charge in [-0.15, -0.1) is 0 Å². The van der Waals surface area contributed by atoms with Gasteiger partial charge in [0.15, 0.2) is 0 Å². The molecule has 166 valence electrons. The molecule has 0 fully saturated rings. The second kappa shape index (κ2) is 10.4. The molecule has 9 nitrogen and oxygen atoms in total. The minimum Gasteiger partial charge on any atom is -0.460 e. The number of anilines is 1. The number of aromatic amines is 1. The molecule has 0 spiro atoms. The van der Waals surface area contributed by atoms with Crippen LogP contribution in [0, 0.1) is 0 Å². The fourth-order valence-corrected chi connectivity index (χ4v) is 2.83. The first kappa shape index (κ1) is 24.4. The molecule has 0 aliphatic carbocycles. The molecular weight excluding hydrogens is 447 g/mol. The number of carbonyl (C=O) groups excluding carboxylic acids is 3. The van der Waals surface area contributed by atoms with Gasteiger partial charge in [-0.25, -0.2) is 4.98 Å². The van der Waals surface area contributed by atoms with Gasteiger partial charge in [-0.2, -0.15) is 0 Å². The summed E-state index contributed by atoms with van der Waals surface area (Å²) < 4.78 is 5.12. The van der Waals surface area contributed by atoms with Crippen LogP contribution >= 0.6 is 23.2 Å². The zero-order valence-corrected chi connectivity index (χ0v) is 18.7. The monoisotopic (exact) mass is 468 g/mol. The van der Waals surface area contributed by atoms with E-state index in [4.69, 9.17) is 27.9 Å². The van der Waals surface area contributed by atoms with E-state index in [-0.39, 0.29) is 30.9 Å². The summed E-state index contributed by atoms with van der Waals surface area (Å²) in [5.74, 6) is -1.86. The van der Waals surface area contributed by atoms with E-state index in [9.17, 15) is 19.2 Å². The molecule has 1 aromatic carbocycles. The Hall–Kier alpha value is -2.91. The van der Waals surface area contributed by atoms with Crippen molar-refractivity contribution < 1.29 is 19.1 Å². The van der Waals surface area contributed by atoms with Crippen LogP contribution in [0.25, 0.3) is 0 Å². The van der Waals surface area contributed by atoms with Crippen molar-refractivity contribution in [3.05, 3.63) is 55.9 Å². The van der Waals surface area contributed by atoms with Crippen molar-refractivity contribution >= 4 is 46.9 Å². The summed E-state index contributed by atoms with van der Waals surface area (Å²) in [4.78, 5) is 54.2. The molecule has 0 saturated carbocycles. The first-order valence-electron chi connectivity index (χ1n) is 9.28. The number of amides is 2. The number of hydrogen-bond donors (Lipinski definition) is 3. The molecule has 11 heteroatoms. The maximum Gasteiger partial charge on any atom is 0.306 e. The summed E-state index contributed by atoms with van der Waals surface area (Å²) in [6.45, 7) is 5.25. The standard InChI is InChI=1S/C20H22Cl2N4O5/c1-20(2,3)31-16(28)7-6-15(27)25-19-24-10-13(18(30)26-19)17(29)23-9-11-4-5-12(21)8-14(11)22/h4-5,8,10H,6-7,9H2,1-3H3,(H,23,29)(H2,24,25,26,27,30). The Morgan fingerprint density at radius 2 is 1.87 bits per heavy atom. The molecule has 1 aromatic heterocycles. The average Bonchev–Trinajstić information content (AvgIpc) is 2.64. The van der Waals surface area contributed by atoms with E-state index in [0.29, 0.717) is 15.6 Å². The van der Waals surface area contributed by atoms with Gasteiger partial charge in [0.05, 0.1) is 6.42 Å². The molecule has 0 unspecified atom stereocenters. The van der Waals surface area contributed by atoms with E-state index in [0.717, 1.165) is 6.20 Å². The van der Waals surface area contributed by atoms with Crippen molar-refractivity contribution in [2.24, 2.45) is 0 Å². The number of rotatable bonds is 7. The number of benzene rings is 1. The van der Waals surface area contributed by atoms with E-state index >= 15 is 0 Å². The third kappa shape index (κ3) is 8.03. The third-order valence-corrected chi connectivity index (χ3v) is 4.32. The van der Waals surface area contributed by atoms with Gasteiger partial charge in [0.1, 0.15) is 11.2 Å². The number of ether oxygens (including phenoxy) is 1. The summed E-state index contributed by atoms with van der Waals surface area (Å²) in [7, 11) is 0. The molecule has 0 atom stereocenters. The van der Waals surface area contributed by atoms with Gasteiger partial charge < -0.3 is 10.1 Å². The average molecular weight is 469 g/mol. The number of esters is 1. The van der Waals surface area contributed by atoms with E-state index in [2.05, 4.69) is 20.6 Å². The highest BCUT2D eigenvalue weighted by atomic mass is 35.5. The van der Waals surface area contributed by atoms with E-state index in [1.54, 1.807) is 39.0 Å². The van der Waals surface area contributed by atoms with Gasteiger partial charge in [-0.05, 0) is 38.5 Å². The van der Waals surface area contributed by atoms with Crippen molar-refractivity contribution in [3.8, 4) is 0 Å². The van der Waals surface area contributed by atoms with Crippen molar-refractivity contribution in [2.75, 3.05) is 5.32 Å². The van der Waals surface area contributed by atoms with Crippen LogP contribution in [-0.2, 0) is 20.9 Å². The van der Waals surface area contributed by atoms with Gasteiger partial charge in [0, 0.05) is 29.2 Å². The first-order chi connectivity index (χ1) is 14.4. The van der Waals surface area contributed by atoms with Gasteiger partial charge in [0.2, 0.25) is 11.9 Å². The van der Waals surface area contributed by atoms with Gasteiger partial charge in [-0.1, -0.05) is 29.3 Å². The predicted octanol–water partition coefficient (Wildman–Crippen LogP) is 3.07. The van der Waals surface area contributed by atoms with Crippen molar-refractivity contribution in [1.29, 1.82) is 0 Å². The van der Waals surface area contributed by atoms with Crippen LogP contribution in [0.2, 0.25) is 10.0 Å². The SMILES string of the molecule is CC(C)(C)OC(=O)CCC(=O)Nc1ncc(C(=O)NCc2ccc(Cl)cc2Cl)c(=O)[nH]1. The topological polar surface area (TPSA) is 130 Å². The zero-order valence-electron chi connectivity index (χ0n) is 17.2. The van der Waals surface area contributed by atoms with Crippen molar-refractivity contribution in [2.45, 2.75) is 45.8 Å². The zero-order chi connectivity index (χ0) is 23.2. The summed E-state index contributed by atoms with van der Waals surface area (Å²) in [5.41, 5.74) is -0.998. The maximum absolute atomic E-state index is 12.3. The largest absolute Gasteiger partial charge is 0.460 e. The van der Waals surface area contributed by atoms with Crippen LogP contribution in [0.3, 0.4) is 0 Å². The van der Waals surface area contributed by atoms with Gasteiger partial charge in [0.25, 0.3) is 11.5 Å². The molecule has 2 amide bonds. The molecule has 3 N–H and O–H groups in total. The molecule has 1 heterocycles. The first-order valence-corrected chi connectivity index (χ1v) is 10.0. The van der Waals surface area contributed by atoms with Gasteiger partial charge in [-0.3, -0.25) is 29.5 Å². The normalized spacial score (nSPS) is 11.0. The minimum atomic E-state index is -0.739.